The van der Waals surface area contributed by atoms with Gasteiger partial charge in [0.15, 0.2) is 11.5 Å². The van der Waals surface area contributed by atoms with Crippen molar-refractivity contribution in [2.24, 2.45) is 0 Å². The molecule has 0 heterocycles. The number of ketones is 1. The predicted octanol–water partition coefficient (Wildman–Crippen LogP) is 0.293. The number of carbonyl (C=O) groups is 1. The van der Waals surface area contributed by atoms with Gasteiger partial charge in [0.1, 0.15) is 6.10 Å². The molecule has 4 N–H and O–H groups in total. The molecule has 0 radical (unpaired) electrons. The maximum Gasteiger partial charge on any atom is 0.253 e. The molecule has 0 bridgehead atoms. The Morgan fingerprint density at radius 1 is 1.11 bits per heavy atom. The minimum Gasteiger partial charge on any atom is -0.507 e. The summed E-state index contributed by atoms with van der Waals surface area (Å²) in [5.41, 5.74) is 0.123. The Kier molecular flexibility index (Phi) is 3.04. The zero-order valence-corrected chi connectivity index (χ0v) is 9.32. The molecule has 1 unspecified atom stereocenters. The van der Waals surface area contributed by atoms with E-state index in [1.807, 2.05) is 0 Å². The van der Waals surface area contributed by atoms with Crippen molar-refractivity contribution in [3.8, 4) is 0 Å². The highest BCUT2D eigenvalue weighted by molar-refractivity contribution is 6.09. The van der Waals surface area contributed by atoms with Crippen molar-refractivity contribution in [1.29, 1.82) is 0 Å². The maximum atomic E-state index is 12.0. The molecule has 5 nitrogen and oxygen atoms in total. The van der Waals surface area contributed by atoms with Crippen LogP contribution in [0.5, 0.6) is 0 Å². The van der Waals surface area contributed by atoms with E-state index < -0.39 is 23.4 Å². The smallest absolute Gasteiger partial charge is 0.253 e. The van der Waals surface area contributed by atoms with Crippen molar-refractivity contribution in [3.63, 3.8) is 0 Å². The molecule has 0 saturated carbocycles. The summed E-state index contributed by atoms with van der Waals surface area (Å²) < 4.78 is 0. The average molecular weight is 248 g/mol. The highest BCUT2D eigenvalue weighted by Crippen LogP contribution is 2.28. The van der Waals surface area contributed by atoms with Crippen LogP contribution in [0.4, 0.5) is 0 Å². The second kappa shape index (κ2) is 4.38. The normalized spacial score (nSPS) is 22.1. The third-order valence-electron chi connectivity index (χ3n) is 2.77. The van der Waals surface area contributed by atoms with E-state index in [2.05, 4.69) is 0 Å². The first kappa shape index (κ1) is 12.5. The molecule has 0 spiro atoms. The van der Waals surface area contributed by atoms with Gasteiger partial charge in [-0.05, 0) is 12.2 Å². The van der Waals surface area contributed by atoms with E-state index in [1.54, 1.807) is 30.3 Å². The third-order valence-corrected chi connectivity index (χ3v) is 2.77. The molecule has 18 heavy (non-hydrogen) atoms. The van der Waals surface area contributed by atoms with Crippen molar-refractivity contribution in [1.82, 2.24) is 0 Å². The predicted molar refractivity (Wildman–Crippen MR) is 62.7 cm³/mol. The lowest BCUT2D eigenvalue weighted by Gasteiger charge is -2.30. The lowest BCUT2D eigenvalue weighted by atomic mass is 9.89. The molecule has 0 aliphatic heterocycles. The summed E-state index contributed by atoms with van der Waals surface area (Å²) >= 11 is 0. The molecule has 1 aromatic carbocycles. The fourth-order valence-corrected chi connectivity index (χ4v) is 1.70. The lowest BCUT2D eigenvalue weighted by Crippen LogP contribution is -2.48. The number of hydrogen-bond donors (Lipinski definition) is 4. The van der Waals surface area contributed by atoms with E-state index in [1.165, 1.54) is 6.08 Å². The molecule has 1 aromatic rings. The topological polar surface area (TPSA) is 98.0 Å². The van der Waals surface area contributed by atoms with Gasteiger partial charge in [-0.15, -0.1) is 0 Å². The van der Waals surface area contributed by atoms with E-state index in [9.17, 15) is 25.2 Å². The Labute approximate surface area is 103 Å². The Morgan fingerprint density at radius 3 is 2.33 bits per heavy atom. The van der Waals surface area contributed by atoms with Crippen LogP contribution in [0.15, 0.2) is 53.8 Å². The second-order valence-electron chi connectivity index (χ2n) is 4.00. The van der Waals surface area contributed by atoms with Gasteiger partial charge >= 0.3 is 0 Å². The maximum absolute atomic E-state index is 12.0. The van der Waals surface area contributed by atoms with Gasteiger partial charge in [0.2, 0.25) is 0 Å². The van der Waals surface area contributed by atoms with E-state index >= 15 is 0 Å². The van der Waals surface area contributed by atoms with Crippen molar-refractivity contribution in [2.75, 3.05) is 0 Å². The summed E-state index contributed by atoms with van der Waals surface area (Å²) in [5, 5.41) is 37.9. The van der Waals surface area contributed by atoms with Gasteiger partial charge in [0.05, 0.1) is 0 Å². The van der Waals surface area contributed by atoms with E-state index in [0.717, 1.165) is 6.08 Å². The molecule has 0 saturated heterocycles. The highest BCUT2D eigenvalue weighted by Gasteiger charge is 2.44. The van der Waals surface area contributed by atoms with Crippen molar-refractivity contribution in [3.05, 3.63) is 59.4 Å². The van der Waals surface area contributed by atoms with Crippen LogP contribution in [-0.2, 0) is 0 Å². The largest absolute Gasteiger partial charge is 0.507 e. The van der Waals surface area contributed by atoms with Crippen LogP contribution < -0.4 is 0 Å². The lowest BCUT2D eigenvalue weighted by molar-refractivity contribution is -0.204. The molecule has 0 amide bonds. The molecule has 1 aliphatic rings. The Hall–Kier alpha value is -1.95. The zero-order valence-electron chi connectivity index (χ0n) is 9.32. The fraction of sp³-hybridized carbons (Fsp3) is 0.154. The van der Waals surface area contributed by atoms with E-state index in [4.69, 9.17) is 0 Å². The SMILES string of the molecule is O=C(C1=CC=C(O)C(O)(O)C1O)c1ccccc1. The van der Waals surface area contributed by atoms with Gasteiger partial charge in [0.25, 0.3) is 5.79 Å². The number of hydrogen-bond acceptors (Lipinski definition) is 5. The summed E-state index contributed by atoms with van der Waals surface area (Å²) in [6, 6.07) is 8.13. The van der Waals surface area contributed by atoms with Crippen molar-refractivity contribution < 1.29 is 25.2 Å². The molecule has 1 aliphatic carbocycles. The Balaban J connectivity index is 2.38. The highest BCUT2D eigenvalue weighted by atomic mass is 16.5. The summed E-state index contributed by atoms with van der Waals surface area (Å²) in [4.78, 5) is 12.0. The van der Waals surface area contributed by atoms with Gasteiger partial charge < -0.3 is 20.4 Å². The van der Waals surface area contributed by atoms with Crippen LogP contribution in [0.25, 0.3) is 0 Å². The van der Waals surface area contributed by atoms with Crippen molar-refractivity contribution in [2.45, 2.75) is 11.9 Å². The van der Waals surface area contributed by atoms with Gasteiger partial charge in [-0.3, -0.25) is 4.79 Å². The molecule has 2 rings (SSSR count). The average Bonchev–Trinajstić information content (AvgIpc) is 2.37. The van der Waals surface area contributed by atoms with Crippen LogP contribution in [-0.4, -0.2) is 38.1 Å². The van der Waals surface area contributed by atoms with E-state index in [0.29, 0.717) is 5.56 Å². The van der Waals surface area contributed by atoms with Crippen LogP contribution in [0, 0.1) is 0 Å². The monoisotopic (exact) mass is 248 g/mol. The summed E-state index contributed by atoms with van der Waals surface area (Å²) in [6.07, 6.45) is 0.248. The Bertz CT molecular complexity index is 528. The molecule has 0 aromatic heterocycles. The van der Waals surface area contributed by atoms with E-state index in [-0.39, 0.29) is 5.57 Å². The third kappa shape index (κ3) is 1.95. The van der Waals surface area contributed by atoms with Gasteiger partial charge in [0, 0.05) is 11.1 Å². The molecule has 1 atom stereocenters. The second-order valence-corrected chi connectivity index (χ2v) is 4.00. The number of Topliss-reactive ketones (excluding diaryl/α,β-unsaturated/α-hetero) is 1. The number of carbonyl (C=O) groups excluding carboxylic acids is 1. The standard InChI is InChI=1S/C13H12O5/c14-10-7-6-9(12(16)13(10,17)18)11(15)8-4-2-1-3-5-8/h1-7,12,14,16-18H. The summed E-state index contributed by atoms with van der Waals surface area (Å²) in [6.45, 7) is 0. The first-order valence-corrected chi connectivity index (χ1v) is 5.28. The first-order chi connectivity index (χ1) is 8.44. The molecular weight excluding hydrogens is 236 g/mol. The number of rotatable bonds is 2. The zero-order chi connectivity index (χ0) is 13.3. The summed E-state index contributed by atoms with van der Waals surface area (Å²) in [5.74, 6) is -4.17. The minimum atomic E-state index is -2.84. The number of aliphatic hydroxyl groups excluding tert-OH is 2. The number of benzene rings is 1. The van der Waals surface area contributed by atoms with Gasteiger partial charge in [-0.25, -0.2) is 0 Å². The van der Waals surface area contributed by atoms with Gasteiger partial charge in [-0.1, -0.05) is 30.3 Å². The van der Waals surface area contributed by atoms with Crippen LogP contribution in [0.2, 0.25) is 0 Å². The number of allylic oxidation sites excluding steroid dienone is 2. The fourth-order valence-electron chi connectivity index (χ4n) is 1.70. The minimum absolute atomic E-state index is 0.191. The van der Waals surface area contributed by atoms with Crippen LogP contribution in [0.3, 0.4) is 0 Å². The molecule has 5 heteroatoms. The van der Waals surface area contributed by atoms with Crippen molar-refractivity contribution >= 4 is 5.78 Å². The molecule has 0 fully saturated rings. The molecule has 94 valence electrons. The van der Waals surface area contributed by atoms with Gasteiger partial charge in [-0.2, -0.15) is 0 Å². The number of aliphatic hydroxyl groups is 4. The quantitative estimate of drug-likeness (QED) is 0.445. The molecular formula is C13H12O5. The van der Waals surface area contributed by atoms with Crippen LogP contribution in [0.1, 0.15) is 10.4 Å². The first-order valence-electron chi connectivity index (χ1n) is 5.28. The Morgan fingerprint density at radius 2 is 1.72 bits per heavy atom. The van der Waals surface area contributed by atoms with Crippen LogP contribution >= 0.6 is 0 Å². The summed E-state index contributed by atoms with van der Waals surface area (Å²) in [7, 11) is 0.